The van der Waals surface area contributed by atoms with E-state index >= 15 is 0 Å². The van der Waals surface area contributed by atoms with Gasteiger partial charge in [0.05, 0.1) is 10.6 Å². The third-order valence-electron chi connectivity index (χ3n) is 4.48. The van der Waals surface area contributed by atoms with Gasteiger partial charge in [0.15, 0.2) is 0 Å². The molecule has 0 aliphatic carbocycles. The van der Waals surface area contributed by atoms with Crippen molar-refractivity contribution < 1.29 is 27.5 Å². The Morgan fingerprint density at radius 1 is 1.03 bits per heavy atom. The van der Waals surface area contributed by atoms with Crippen molar-refractivity contribution in [3.63, 3.8) is 0 Å². The molecule has 0 fully saturated rings. The molecular weight excluding hydrogens is 461 g/mol. The maximum atomic E-state index is 13.0. The first-order valence-corrected chi connectivity index (χ1v) is 9.84. The Hall–Kier alpha value is -3.79. The highest BCUT2D eigenvalue weighted by Gasteiger charge is 2.33. The molecule has 11 heteroatoms. The third-order valence-corrected chi connectivity index (χ3v) is 4.81. The number of benzene rings is 2. The standard InChI is InChI=1S/C22H18ClF3N4O3/c1-27-20(31)19-12-16(9-10-28-19)33-15-6-4-14(5-7-15)30(2)21(32)29-13-3-8-18(23)17(11-13)22(24,25)26/h3-12H,1-2H3,(H,27,31)(H,29,32). The fourth-order valence-corrected chi connectivity index (χ4v) is 2.97. The molecule has 0 atom stereocenters. The van der Waals surface area contributed by atoms with Crippen LogP contribution in [0.5, 0.6) is 11.5 Å². The summed E-state index contributed by atoms with van der Waals surface area (Å²) in [5, 5.41) is 4.42. The molecule has 3 aromatic rings. The van der Waals surface area contributed by atoms with E-state index in [2.05, 4.69) is 15.6 Å². The summed E-state index contributed by atoms with van der Waals surface area (Å²) < 4.78 is 44.8. The summed E-state index contributed by atoms with van der Waals surface area (Å²) >= 11 is 5.60. The molecule has 2 aromatic carbocycles. The number of nitrogens with one attached hydrogen (secondary N) is 2. The Bertz CT molecular complexity index is 1170. The fourth-order valence-electron chi connectivity index (χ4n) is 2.75. The quantitative estimate of drug-likeness (QED) is 0.502. The minimum absolute atomic E-state index is 0.0480. The second-order valence-electron chi connectivity index (χ2n) is 6.73. The molecule has 172 valence electrons. The molecule has 0 saturated carbocycles. The van der Waals surface area contributed by atoms with Gasteiger partial charge in [-0.15, -0.1) is 0 Å². The Balaban J connectivity index is 1.68. The number of nitrogens with zero attached hydrogens (tertiary/aromatic N) is 2. The van der Waals surface area contributed by atoms with Crippen molar-refractivity contribution in [2.75, 3.05) is 24.3 Å². The van der Waals surface area contributed by atoms with E-state index in [0.717, 1.165) is 12.1 Å². The summed E-state index contributed by atoms with van der Waals surface area (Å²) in [4.78, 5) is 29.3. The molecule has 7 nitrogen and oxygen atoms in total. The number of carbonyl (C=O) groups excluding carboxylic acids is 2. The summed E-state index contributed by atoms with van der Waals surface area (Å²) in [6, 6.07) is 11.9. The van der Waals surface area contributed by atoms with Crippen LogP contribution in [-0.4, -0.2) is 31.0 Å². The molecule has 3 amide bonds. The van der Waals surface area contributed by atoms with Gasteiger partial charge in [-0.2, -0.15) is 13.2 Å². The van der Waals surface area contributed by atoms with Crippen LogP contribution in [0.4, 0.5) is 29.3 Å². The van der Waals surface area contributed by atoms with Crippen LogP contribution in [0.3, 0.4) is 0 Å². The number of carbonyl (C=O) groups is 2. The van der Waals surface area contributed by atoms with E-state index in [9.17, 15) is 22.8 Å². The molecule has 0 radical (unpaired) electrons. The lowest BCUT2D eigenvalue weighted by Gasteiger charge is -2.19. The minimum Gasteiger partial charge on any atom is -0.457 e. The topological polar surface area (TPSA) is 83.6 Å². The van der Waals surface area contributed by atoms with Crippen LogP contribution in [0.25, 0.3) is 0 Å². The summed E-state index contributed by atoms with van der Waals surface area (Å²) in [6.45, 7) is 0. The molecular formula is C22H18ClF3N4O3. The molecule has 1 aromatic heterocycles. The van der Waals surface area contributed by atoms with Crippen LogP contribution < -0.4 is 20.3 Å². The molecule has 3 rings (SSSR count). The first-order chi connectivity index (χ1) is 15.6. The number of urea groups is 1. The molecule has 0 spiro atoms. The van der Waals surface area contributed by atoms with Crippen molar-refractivity contribution in [2.24, 2.45) is 0 Å². The number of pyridine rings is 1. The zero-order chi connectivity index (χ0) is 24.2. The summed E-state index contributed by atoms with van der Waals surface area (Å²) in [7, 11) is 2.95. The minimum atomic E-state index is -4.64. The number of ether oxygens (including phenoxy) is 1. The van der Waals surface area contributed by atoms with E-state index < -0.39 is 22.8 Å². The van der Waals surface area contributed by atoms with E-state index in [1.54, 1.807) is 30.3 Å². The van der Waals surface area contributed by atoms with Gasteiger partial charge in [0.25, 0.3) is 5.91 Å². The predicted molar refractivity (Wildman–Crippen MR) is 118 cm³/mol. The van der Waals surface area contributed by atoms with Gasteiger partial charge in [-0.3, -0.25) is 14.7 Å². The number of rotatable bonds is 5. The first-order valence-electron chi connectivity index (χ1n) is 9.46. The van der Waals surface area contributed by atoms with Crippen LogP contribution in [-0.2, 0) is 6.18 Å². The molecule has 1 heterocycles. The number of aromatic nitrogens is 1. The second kappa shape index (κ2) is 9.78. The van der Waals surface area contributed by atoms with Crippen molar-refractivity contribution >= 4 is 34.9 Å². The highest BCUT2D eigenvalue weighted by Crippen LogP contribution is 2.36. The summed E-state index contributed by atoms with van der Waals surface area (Å²) in [5.74, 6) is 0.478. The number of anilines is 2. The van der Waals surface area contributed by atoms with Gasteiger partial charge in [0, 0.05) is 37.7 Å². The molecule has 0 saturated heterocycles. The van der Waals surface area contributed by atoms with Crippen LogP contribution >= 0.6 is 11.6 Å². The van der Waals surface area contributed by atoms with Crippen molar-refractivity contribution in [1.82, 2.24) is 10.3 Å². The van der Waals surface area contributed by atoms with Crippen molar-refractivity contribution in [3.8, 4) is 11.5 Å². The lowest BCUT2D eigenvalue weighted by molar-refractivity contribution is -0.137. The fraction of sp³-hybridized carbons (Fsp3) is 0.136. The number of alkyl halides is 3. The maximum Gasteiger partial charge on any atom is 0.417 e. The van der Waals surface area contributed by atoms with Gasteiger partial charge in [-0.05, 0) is 48.5 Å². The van der Waals surface area contributed by atoms with E-state index in [4.69, 9.17) is 16.3 Å². The average Bonchev–Trinajstić information content (AvgIpc) is 2.79. The van der Waals surface area contributed by atoms with Crippen LogP contribution in [0, 0.1) is 0 Å². The van der Waals surface area contributed by atoms with Crippen LogP contribution in [0.15, 0.2) is 60.8 Å². The largest absolute Gasteiger partial charge is 0.457 e. The third kappa shape index (κ3) is 5.92. The second-order valence-corrected chi connectivity index (χ2v) is 7.14. The maximum absolute atomic E-state index is 13.0. The Morgan fingerprint density at radius 3 is 2.36 bits per heavy atom. The van der Waals surface area contributed by atoms with Gasteiger partial charge in [-0.25, -0.2) is 4.79 Å². The predicted octanol–water partition coefficient (Wildman–Crippen LogP) is 5.57. The van der Waals surface area contributed by atoms with Gasteiger partial charge >= 0.3 is 12.2 Å². The van der Waals surface area contributed by atoms with Crippen LogP contribution in [0.1, 0.15) is 16.1 Å². The average molecular weight is 479 g/mol. The summed E-state index contributed by atoms with van der Waals surface area (Å²) in [6.07, 6.45) is -3.21. The van der Waals surface area contributed by atoms with Crippen molar-refractivity contribution in [3.05, 3.63) is 77.1 Å². The number of amides is 3. The van der Waals surface area contributed by atoms with E-state index in [1.165, 1.54) is 37.3 Å². The Morgan fingerprint density at radius 2 is 1.73 bits per heavy atom. The molecule has 0 aliphatic rings. The zero-order valence-corrected chi connectivity index (χ0v) is 18.2. The van der Waals surface area contributed by atoms with Crippen molar-refractivity contribution in [2.45, 2.75) is 6.18 Å². The molecule has 0 bridgehead atoms. The molecule has 0 aliphatic heterocycles. The molecule has 0 unspecified atom stereocenters. The molecule has 33 heavy (non-hydrogen) atoms. The van der Waals surface area contributed by atoms with Crippen LogP contribution in [0.2, 0.25) is 5.02 Å². The van der Waals surface area contributed by atoms with Gasteiger partial charge in [0.2, 0.25) is 0 Å². The number of hydrogen-bond acceptors (Lipinski definition) is 4. The molecule has 2 N–H and O–H groups in total. The highest BCUT2D eigenvalue weighted by molar-refractivity contribution is 6.31. The normalized spacial score (nSPS) is 11.0. The number of halogens is 4. The van der Waals surface area contributed by atoms with Gasteiger partial charge in [0.1, 0.15) is 17.2 Å². The highest BCUT2D eigenvalue weighted by atomic mass is 35.5. The van der Waals surface area contributed by atoms with Crippen molar-refractivity contribution in [1.29, 1.82) is 0 Å². The Labute approximate surface area is 192 Å². The SMILES string of the molecule is CNC(=O)c1cc(Oc2ccc(N(C)C(=O)Nc3ccc(Cl)c(C(F)(F)F)c3)cc2)ccn1. The Kier molecular flexibility index (Phi) is 7.07. The smallest absolute Gasteiger partial charge is 0.417 e. The van der Waals surface area contributed by atoms with E-state index in [1.807, 2.05) is 0 Å². The monoisotopic (exact) mass is 478 g/mol. The lowest BCUT2D eigenvalue weighted by atomic mass is 10.2. The first kappa shape index (κ1) is 23.9. The van der Waals surface area contributed by atoms with E-state index in [0.29, 0.717) is 17.2 Å². The number of hydrogen-bond donors (Lipinski definition) is 2. The van der Waals surface area contributed by atoms with E-state index in [-0.39, 0.29) is 17.3 Å². The van der Waals surface area contributed by atoms with Gasteiger partial charge < -0.3 is 15.4 Å². The summed E-state index contributed by atoms with van der Waals surface area (Å²) in [5.41, 5.74) is -0.431. The zero-order valence-electron chi connectivity index (χ0n) is 17.4. The van der Waals surface area contributed by atoms with Gasteiger partial charge in [-0.1, -0.05) is 11.6 Å². The lowest BCUT2D eigenvalue weighted by Crippen LogP contribution is -2.31.